The summed E-state index contributed by atoms with van der Waals surface area (Å²) in [5.41, 5.74) is 5.56. The van der Waals surface area contributed by atoms with Crippen LogP contribution in [0, 0.1) is 6.92 Å². The number of nitrogens with zero attached hydrogens (tertiary/aromatic N) is 2. The molecule has 1 aromatic carbocycles. The van der Waals surface area contributed by atoms with E-state index in [1.807, 2.05) is 0 Å². The van der Waals surface area contributed by atoms with Gasteiger partial charge in [0.15, 0.2) is 5.82 Å². The van der Waals surface area contributed by atoms with Crippen molar-refractivity contribution in [3.05, 3.63) is 41.1 Å². The quantitative estimate of drug-likeness (QED) is 0.895. The molecule has 0 aliphatic rings. The van der Waals surface area contributed by atoms with Crippen LogP contribution in [-0.4, -0.2) is 15.7 Å². The Balaban J connectivity index is 2.29. The summed E-state index contributed by atoms with van der Waals surface area (Å²) in [4.78, 5) is 12.0. The van der Waals surface area contributed by atoms with Crippen molar-refractivity contribution >= 4 is 17.4 Å². The molecule has 1 aromatic heterocycles. The van der Waals surface area contributed by atoms with Crippen molar-refractivity contribution in [2.24, 2.45) is 7.05 Å². The lowest BCUT2D eigenvalue weighted by Gasteiger charge is -2.10. The number of nitrogen functional groups attached to an aromatic ring is 1. The van der Waals surface area contributed by atoms with Crippen LogP contribution in [0.4, 0.5) is 24.7 Å². The largest absolute Gasteiger partial charge is 0.416 e. The Morgan fingerprint density at radius 3 is 2.57 bits per heavy atom. The number of rotatable bonds is 2. The molecule has 2 aromatic rings. The number of benzene rings is 1. The third-order valence-corrected chi connectivity index (χ3v) is 2.95. The molecule has 0 atom stereocenters. The van der Waals surface area contributed by atoms with E-state index < -0.39 is 17.6 Å². The molecule has 0 saturated heterocycles. The molecule has 0 fully saturated rings. The second-order valence-electron chi connectivity index (χ2n) is 4.50. The lowest BCUT2D eigenvalue weighted by molar-refractivity contribution is -0.137. The predicted octanol–water partition coefficient (Wildman–Crippen LogP) is 2.58. The van der Waals surface area contributed by atoms with Crippen LogP contribution in [0.3, 0.4) is 0 Å². The van der Waals surface area contributed by atoms with Crippen LogP contribution in [0.2, 0.25) is 0 Å². The standard InChI is InChI=1S/C13H13F3N4O/c1-7-10(17)11(20(2)19-7)18-12(21)8-4-3-5-9(6-8)13(14,15)16/h3-6H,17H2,1-2H3,(H,18,21). The van der Waals surface area contributed by atoms with Crippen LogP contribution in [0.5, 0.6) is 0 Å². The first kappa shape index (κ1) is 14.9. The van der Waals surface area contributed by atoms with Gasteiger partial charge in [0.05, 0.1) is 16.9 Å². The molecular weight excluding hydrogens is 285 g/mol. The first-order chi connectivity index (χ1) is 9.70. The Morgan fingerprint density at radius 2 is 2.05 bits per heavy atom. The molecule has 3 N–H and O–H groups in total. The van der Waals surface area contributed by atoms with Crippen molar-refractivity contribution in [1.29, 1.82) is 0 Å². The van der Waals surface area contributed by atoms with Gasteiger partial charge >= 0.3 is 6.18 Å². The number of carbonyl (C=O) groups excluding carboxylic acids is 1. The number of carbonyl (C=O) groups is 1. The molecule has 2 rings (SSSR count). The monoisotopic (exact) mass is 298 g/mol. The molecule has 1 amide bonds. The molecule has 0 saturated carbocycles. The third kappa shape index (κ3) is 2.99. The number of halogens is 3. The number of hydrogen-bond acceptors (Lipinski definition) is 3. The van der Waals surface area contributed by atoms with E-state index in [2.05, 4.69) is 10.4 Å². The van der Waals surface area contributed by atoms with E-state index in [0.717, 1.165) is 12.1 Å². The van der Waals surface area contributed by atoms with Crippen molar-refractivity contribution < 1.29 is 18.0 Å². The first-order valence-corrected chi connectivity index (χ1v) is 5.98. The number of nitrogens with one attached hydrogen (secondary N) is 1. The summed E-state index contributed by atoms with van der Waals surface area (Å²) >= 11 is 0. The van der Waals surface area contributed by atoms with Gasteiger partial charge in [-0.1, -0.05) is 6.07 Å². The van der Waals surface area contributed by atoms with E-state index in [1.165, 1.54) is 16.8 Å². The highest BCUT2D eigenvalue weighted by Gasteiger charge is 2.31. The fourth-order valence-electron chi connectivity index (χ4n) is 1.84. The molecule has 0 unspecified atom stereocenters. The minimum atomic E-state index is -4.50. The molecule has 1 heterocycles. The van der Waals surface area contributed by atoms with Crippen LogP contribution in [0.25, 0.3) is 0 Å². The summed E-state index contributed by atoms with van der Waals surface area (Å²) in [6, 6.07) is 4.16. The van der Waals surface area contributed by atoms with Crippen LogP contribution in [-0.2, 0) is 13.2 Å². The highest BCUT2D eigenvalue weighted by molar-refractivity contribution is 6.05. The predicted molar refractivity (Wildman–Crippen MR) is 71.8 cm³/mol. The molecule has 0 bridgehead atoms. The summed E-state index contributed by atoms with van der Waals surface area (Å²) in [5, 5.41) is 6.47. The average Bonchev–Trinajstić information content (AvgIpc) is 2.64. The highest BCUT2D eigenvalue weighted by Crippen LogP contribution is 2.30. The SMILES string of the molecule is Cc1nn(C)c(NC(=O)c2cccc(C(F)(F)F)c2)c1N. The zero-order chi connectivity index (χ0) is 15.8. The molecule has 0 spiro atoms. The van der Waals surface area contributed by atoms with E-state index in [9.17, 15) is 18.0 Å². The van der Waals surface area contributed by atoms with Gasteiger partial charge in [0, 0.05) is 12.6 Å². The summed E-state index contributed by atoms with van der Waals surface area (Å²) in [6.45, 7) is 1.66. The zero-order valence-electron chi connectivity index (χ0n) is 11.3. The van der Waals surface area contributed by atoms with Gasteiger partial charge < -0.3 is 11.1 Å². The van der Waals surface area contributed by atoms with E-state index >= 15 is 0 Å². The van der Waals surface area contributed by atoms with Crippen molar-refractivity contribution in [2.45, 2.75) is 13.1 Å². The minimum absolute atomic E-state index is 0.108. The summed E-state index contributed by atoms with van der Waals surface area (Å²) in [7, 11) is 1.57. The van der Waals surface area contributed by atoms with Gasteiger partial charge in [0.1, 0.15) is 0 Å². The molecular formula is C13H13F3N4O. The lowest BCUT2D eigenvalue weighted by atomic mass is 10.1. The second-order valence-corrected chi connectivity index (χ2v) is 4.50. The van der Waals surface area contributed by atoms with Gasteiger partial charge in [-0.25, -0.2) is 0 Å². The maximum Gasteiger partial charge on any atom is 0.416 e. The van der Waals surface area contributed by atoms with Gasteiger partial charge in [-0.05, 0) is 25.1 Å². The number of anilines is 2. The smallest absolute Gasteiger partial charge is 0.394 e. The number of alkyl halides is 3. The van der Waals surface area contributed by atoms with Crippen LogP contribution >= 0.6 is 0 Å². The Morgan fingerprint density at radius 1 is 1.38 bits per heavy atom. The van der Waals surface area contributed by atoms with E-state index in [0.29, 0.717) is 5.69 Å². The Kier molecular flexibility index (Phi) is 3.63. The zero-order valence-corrected chi connectivity index (χ0v) is 11.3. The molecule has 0 radical (unpaired) electrons. The Labute approximate surface area is 118 Å². The van der Waals surface area contributed by atoms with Crippen LogP contribution in [0.1, 0.15) is 21.6 Å². The molecule has 5 nitrogen and oxygen atoms in total. The van der Waals surface area contributed by atoms with Crippen LogP contribution in [0.15, 0.2) is 24.3 Å². The first-order valence-electron chi connectivity index (χ1n) is 5.98. The molecule has 0 aliphatic carbocycles. The van der Waals surface area contributed by atoms with Gasteiger partial charge in [-0.3, -0.25) is 9.48 Å². The van der Waals surface area contributed by atoms with Crippen molar-refractivity contribution in [3.8, 4) is 0 Å². The maximum absolute atomic E-state index is 12.6. The van der Waals surface area contributed by atoms with Gasteiger partial charge in [0.2, 0.25) is 0 Å². The number of nitrogens with two attached hydrogens (primary N) is 1. The average molecular weight is 298 g/mol. The minimum Gasteiger partial charge on any atom is -0.394 e. The topological polar surface area (TPSA) is 72.9 Å². The lowest BCUT2D eigenvalue weighted by Crippen LogP contribution is -2.16. The number of hydrogen-bond donors (Lipinski definition) is 2. The maximum atomic E-state index is 12.6. The summed E-state index contributed by atoms with van der Waals surface area (Å²) < 4.78 is 39.2. The fraction of sp³-hybridized carbons (Fsp3) is 0.231. The van der Waals surface area contributed by atoms with E-state index in [-0.39, 0.29) is 17.1 Å². The van der Waals surface area contributed by atoms with Gasteiger partial charge in [-0.15, -0.1) is 0 Å². The number of amides is 1. The number of aromatic nitrogens is 2. The summed E-state index contributed by atoms with van der Waals surface area (Å²) in [5.74, 6) is -0.439. The van der Waals surface area contributed by atoms with E-state index in [4.69, 9.17) is 5.73 Å². The van der Waals surface area contributed by atoms with Crippen molar-refractivity contribution in [3.63, 3.8) is 0 Å². The third-order valence-electron chi connectivity index (χ3n) is 2.95. The van der Waals surface area contributed by atoms with E-state index in [1.54, 1.807) is 14.0 Å². The fourth-order valence-corrected chi connectivity index (χ4v) is 1.84. The van der Waals surface area contributed by atoms with Gasteiger partial charge in [-0.2, -0.15) is 18.3 Å². The molecule has 112 valence electrons. The molecule has 8 heteroatoms. The van der Waals surface area contributed by atoms with Crippen molar-refractivity contribution in [1.82, 2.24) is 9.78 Å². The Hall–Kier alpha value is -2.51. The normalized spacial score (nSPS) is 11.5. The number of aryl methyl sites for hydroxylation is 2. The Bertz CT molecular complexity index is 691. The molecule has 21 heavy (non-hydrogen) atoms. The molecule has 0 aliphatic heterocycles. The highest BCUT2D eigenvalue weighted by atomic mass is 19.4. The summed E-state index contributed by atoms with van der Waals surface area (Å²) in [6.07, 6.45) is -4.50. The van der Waals surface area contributed by atoms with Crippen molar-refractivity contribution in [2.75, 3.05) is 11.1 Å². The second kappa shape index (κ2) is 5.12. The van der Waals surface area contributed by atoms with Gasteiger partial charge in [0.25, 0.3) is 5.91 Å². The van der Waals surface area contributed by atoms with Crippen LogP contribution < -0.4 is 11.1 Å².